The summed E-state index contributed by atoms with van der Waals surface area (Å²) >= 11 is 0. The third-order valence-electron chi connectivity index (χ3n) is 2.54. The molecule has 15 heavy (non-hydrogen) atoms. The standard InChI is InChI=1S/C9H15N5O/c1-6-11-9(14-13-6)12-8(15)7-2-4-10-5-3-7/h7,10H,2-5H2,1H3,(H2,11,12,13,14,15). The molecule has 1 amide bonds. The van der Waals surface area contributed by atoms with Crippen molar-refractivity contribution < 1.29 is 4.79 Å². The fourth-order valence-electron chi connectivity index (χ4n) is 1.69. The number of amides is 1. The monoisotopic (exact) mass is 209 g/mol. The fraction of sp³-hybridized carbons (Fsp3) is 0.667. The Morgan fingerprint density at radius 3 is 2.80 bits per heavy atom. The average molecular weight is 209 g/mol. The number of H-pyrrole nitrogens is 1. The first kappa shape index (κ1) is 10.1. The lowest BCUT2D eigenvalue weighted by Crippen LogP contribution is -2.34. The summed E-state index contributed by atoms with van der Waals surface area (Å²) in [6, 6.07) is 0. The number of aromatic amines is 1. The third-order valence-corrected chi connectivity index (χ3v) is 2.54. The van der Waals surface area contributed by atoms with E-state index >= 15 is 0 Å². The van der Waals surface area contributed by atoms with Crippen molar-refractivity contribution >= 4 is 11.9 Å². The van der Waals surface area contributed by atoms with Gasteiger partial charge >= 0.3 is 0 Å². The molecule has 82 valence electrons. The minimum Gasteiger partial charge on any atom is -0.317 e. The van der Waals surface area contributed by atoms with Gasteiger partial charge in [0.15, 0.2) is 0 Å². The zero-order valence-corrected chi connectivity index (χ0v) is 8.71. The highest BCUT2D eigenvalue weighted by molar-refractivity contribution is 5.90. The van der Waals surface area contributed by atoms with Crippen molar-refractivity contribution in [2.45, 2.75) is 19.8 Å². The van der Waals surface area contributed by atoms with Crippen LogP contribution in [0.2, 0.25) is 0 Å². The highest BCUT2D eigenvalue weighted by Crippen LogP contribution is 2.13. The van der Waals surface area contributed by atoms with E-state index in [1.165, 1.54) is 0 Å². The van der Waals surface area contributed by atoms with E-state index in [1.807, 2.05) is 0 Å². The Labute approximate surface area is 87.9 Å². The van der Waals surface area contributed by atoms with Crippen LogP contribution < -0.4 is 10.6 Å². The maximum Gasteiger partial charge on any atom is 0.248 e. The van der Waals surface area contributed by atoms with E-state index in [1.54, 1.807) is 6.92 Å². The Hall–Kier alpha value is -1.43. The van der Waals surface area contributed by atoms with Gasteiger partial charge in [0.2, 0.25) is 11.9 Å². The van der Waals surface area contributed by atoms with Crippen molar-refractivity contribution in [1.82, 2.24) is 20.5 Å². The number of nitrogens with one attached hydrogen (secondary N) is 3. The molecule has 6 heteroatoms. The van der Waals surface area contributed by atoms with Gasteiger partial charge in [0, 0.05) is 5.92 Å². The Balaban J connectivity index is 1.91. The molecule has 2 heterocycles. The maximum absolute atomic E-state index is 11.7. The van der Waals surface area contributed by atoms with Crippen molar-refractivity contribution in [2.24, 2.45) is 5.92 Å². The molecule has 0 atom stereocenters. The van der Waals surface area contributed by atoms with Crippen molar-refractivity contribution in [3.05, 3.63) is 5.82 Å². The molecule has 1 aromatic heterocycles. The highest BCUT2D eigenvalue weighted by Gasteiger charge is 2.21. The van der Waals surface area contributed by atoms with Gasteiger partial charge in [0.25, 0.3) is 0 Å². The molecule has 2 rings (SSSR count). The van der Waals surface area contributed by atoms with Crippen molar-refractivity contribution in [1.29, 1.82) is 0 Å². The predicted molar refractivity (Wildman–Crippen MR) is 55.3 cm³/mol. The van der Waals surface area contributed by atoms with Crippen LogP contribution in [0.3, 0.4) is 0 Å². The molecule has 0 saturated carbocycles. The second-order valence-electron chi connectivity index (χ2n) is 3.76. The van der Waals surface area contributed by atoms with Gasteiger partial charge in [-0.15, -0.1) is 5.10 Å². The summed E-state index contributed by atoms with van der Waals surface area (Å²) in [6.45, 7) is 3.61. The first-order chi connectivity index (χ1) is 7.25. The first-order valence-electron chi connectivity index (χ1n) is 5.16. The highest BCUT2D eigenvalue weighted by atomic mass is 16.2. The topological polar surface area (TPSA) is 82.7 Å². The lowest BCUT2D eigenvalue weighted by Gasteiger charge is -2.20. The van der Waals surface area contributed by atoms with Gasteiger partial charge in [-0.3, -0.25) is 15.2 Å². The van der Waals surface area contributed by atoms with Gasteiger partial charge in [0.1, 0.15) is 5.82 Å². The van der Waals surface area contributed by atoms with Crippen molar-refractivity contribution in [3.63, 3.8) is 0 Å². The molecular formula is C9H15N5O. The average Bonchev–Trinajstić information content (AvgIpc) is 2.65. The van der Waals surface area contributed by atoms with Gasteiger partial charge in [-0.25, -0.2) is 0 Å². The van der Waals surface area contributed by atoms with Crippen LogP contribution in [0, 0.1) is 12.8 Å². The largest absolute Gasteiger partial charge is 0.317 e. The molecule has 3 N–H and O–H groups in total. The lowest BCUT2D eigenvalue weighted by atomic mass is 9.97. The lowest BCUT2D eigenvalue weighted by molar-refractivity contribution is -0.120. The van der Waals surface area contributed by atoms with Gasteiger partial charge in [-0.2, -0.15) is 4.98 Å². The summed E-state index contributed by atoms with van der Waals surface area (Å²) in [7, 11) is 0. The maximum atomic E-state index is 11.7. The number of piperidine rings is 1. The first-order valence-corrected chi connectivity index (χ1v) is 5.16. The predicted octanol–water partition coefficient (Wildman–Crippen LogP) is 0.0512. The van der Waals surface area contributed by atoms with Crippen LogP contribution in [0.1, 0.15) is 18.7 Å². The molecule has 1 aromatic rings. The molecule has 0 aromatic carbocycles. The zero-order chi connectivity index (χ0) is 10.7. The summed E-state index contributed by atoms with van der Waals surface area (Å²) in [5.74, 6) is 1.19. The van der Waals surface area contributed by atoms with Crippen LogP contribution in [-0.2, 0) is 4.79 Å². The molecule has 0 radical (unpaired) electrons. The molecule has 0 aliphatic carbocycles. The van der Waals surface area contributed by atoms with E-state index < -0.39 is 0 Å². The second-order valence-corrected chi connectivity index (χ2v) is 3.76. The number of carbonyl (C=O) groups is 1. The number of hydrogen-bond donors (Lipinski definition) is 3. The molecule has 1 saturated heterocycles. The summed E-state index contributed by atoms with van der Waals surface area (Å²) in [4.78, 5) is 15.8. The van der Waals surface area contributed by atoms with Crippen LogP contribution in [0.5, 0.6) is 0 Å². The fourth-order valence-corrected chi connectivity index (χ4v) is 1.69. The molecule has 0 bridgehead atoms. The van der Waals surface area contributed by atoms with Crippen molar-refractivity contribution in [2.75, 3.05) is 18.4 Å². The number of anilines is 1. The van der Waals surface area contributed by atoms with E-state index in [-0.39, 0.29) is 11.8 Å². The number of hydrogen-bond acceptors (Lipinski definition) is 4. The molecule has 1 fully saturated rings. The Morgan fingerprint density at radius 1 is 1.47 bits per heavy atom. The SMILES string of the molecule is Cc1nc(NC(=O)C2CCNCC2)n[nH]1. The van der Waals surface area contributed by atoms with Gasteiger partial charge in [-0.05, 0) is 32.9 Å². The van der Waals surface area contributed by atoms with Gasteiger partial charge in [0.05, 0.1) is 0 Å². The minimum atomic E-state index is 0.0236. The molecular weight excluding hydrogens is 194 g/mol. The van der Waals surface area contributed by atoms with Crippen LogP contribution in [0.25, 0.3) is 0 Å². The van der Waals surface area contributed by atoms with Gasteiger partial charge < -0.3 is 5.32 Å². The number of aromatic nitrogens is 3. The van der Waals surface area contributed by atoms with E-state index in [4.69, 9.17) is 0 Å². The summed E-state index contributed by atoms with van der Waals surface area (Å²) in [6.07, 6.45) is 1.77. The minimum absolute atomic E-state index is 0.0236. The molecule has 1 aliphatic heterocycles. The summed E-state index contributed by atoms with van der Waals surface area (Å²) in [5, 5.41) is 12.5. The summed E-state index contributed by atoms with van der Waals surface area (Å²) < 4.78 is 0. The summed E-state index contributed by atoms with van der Waals surface area (Å²) in [5.41, 5.74) is 0. The van der Waals surface area contributed by atoms with E-state index in [9.17, 15) is 4.79 Å². The van der Waals surface area contributed by atoms with Crippen LogP contribution in [-0.4, -0.2) is 34.2 Å². The zero-order valence-electron chi connectivity index (χ0n) is 8.71. The molecule has 6 nitrogen and oxygen atoms in total. The molecule has 0 unspecified atom stereocenters. The van der Waals surface area contributed by atoms with Crippen molar-refractivity contribution in [3.8, 4) is 0 Å². The third kappa shape index (κ3) is 2.53. The van der Waals surface area contributed by atoms with Gasteiger partial charge in [-0.1, -0.05) is 0 Å². The van der Waals surface area contributed by atoms with E-state index in [0.29, 0.717) is 11.8 Å². The number of carbonyl (C=O) groups excluding carboxylic acids is 1. The normalized spacial score (nSPS) is 17.7. The quantitative estimate of drug-likeness (QED) is 0.642. The molecule has 0 spiro atoms. The Kier molecular flexibility index (Phi) is 2.96. The Bertz CT molecular complexity index is 342. The Morgan fingerprint density at radius 2 is 2.20 bits per heavy atom. The second kappa shape index (κ2) is 4.39. The molecule has 1 aliphatic rings. The van der Waals surface area contributed by atoms with Crippen LogP contribution in [0.15, 0.2) is 0 Å². The number of aryl methyl sites for hydroxylation is 1. The van der Waals surface area contributed by atoms with Crippen LogP contribution >= 0.6 is 0 Å². The number of rotatable bonds is 2. The smallest absolute Gasteiger partial charge is 0.248 e. The van der Waals surface area contributed by atoms with Crippen LogP contribution in [0.4, 0.5) is 5.95 Å². The van der Waals surface area contributed by atoms with E-state index in [2.05, 4.69) is 25.8 Å². The number of nitrogens with zero attached hydrogens (tertiary/aromatic N) is 2. The van der Waals surface area contributed by atoms with E-state index in [0.717, 1.165) is 25.9 Å².